The molecule has 0 radical (unpaired) electrons. The molecule has 226 valence electrons. The molecule has 0 unspecified atom stereocenters. The first-order valence-corrected chi connectivity index (χ1v) is 14.6. The fourth-order valence-corrected chi connectivity index (χ4v) is 5.00. The van der Waals surface area contributed by atoms with E-state index < -0.39 is 11.5 Å². The van der Waals surface area contributed by atoms with Gasteiger partial charge in [-0.05, 0) is 78.9 Å². The molecule has 0 atom stereocenters. The number of nitrogens with zero attached hydrogens (tertiary/aromatic N) is 1. The first-order valence-electron chi connectivity index (χ1n) is 14.2. The van der Waals surface area contributed by atoms with Crippen LogP contribution in [0.2, 0.25) is 5.02 Å². The zero-order chi connectivity index (χ0) is 31.3. The number of carboxylic acid groups (broad SMARTS) is 1. The van der Waals surface area contributed by atoms with E-state index in [1.807, 2.05) is 36.4 Å². The van der Waals surface area contributed by atoms with Gasteiger partial charge >= 0.3 is 5.97 Å². The first kappa shape index (κ1) is 30.7. The molecule has 0 spiro atoms. The summed E-state index contributed by atoms with van der Waals surface area (Å²) in [6, 6.07) is 24.7. The minimum atomic E-state index is -1.17. The van der Waals surface area contributed by atoms with Crippen LogP contribution in [0.25, 0.3) is 11.1 Å². The third-order valence-corrected chi connectivity index (χ3v) is 7.80. The molecule has 0 saturated carbocycles. The summed E-state index contributed by atoms with van der Waals surface area (Å²) >= 11 is 6.68. The van der Waals surface area contributed by atoms with Gasteiger partial charge in [0.1, 0.15) is 43.5 Å². The summed E-state index contributed by atoms with van der Waals surface area (Å²) < 4.78 is 23.9. The molecular weight excluding hydrogens is 580 g/mol. The van der Waals surface area contributed by atoms with Crippen LogP contribution in [0.4, 0.5) is 0 Å². The van der Waals surface area contributed by atoms with Crippen molar-refractivity contribution in [2.75, 3.05) is 13.2 Å². The molecule has 1 aliphatic rings. The number of fused-ring (bicyclic) bond motifs is 1. The van der Waals surface area contributed by atoms with Crippen LogP contribution in [-0.4, -0.2) is 29.8 Å². The molecule has 2 N–H and O–H groups in total. The Kier molecular flexibility index (Phi) is 9.29. The Morgan fingerprint density at radius 1 is 0.955 bits per heavy atom. The van der Waals surface area contributed by atoms with Gasteiger partial charge < -0.3 is 24.1 Å². The molecule has 0 bridgehead atoms. The lowest BCUT2D eigenvalue weighted by Gasteiger charge is -2.23. The molecule has 0 aromatic heterocycles. The second-order valence-corrected chi connectivity index (χ2v) is 11.4. The molecule has 44 heavy (non-hydrogen) atoms. The zero-order valence-electron chi connectivity index (χ0n) is 24.8. The van der Waals surface area contributed by atoms with Crippen LogP contribution in [-0.2, 0) is 24.6 Å². The molecule has 4 aromatic carbocycles. The lowest BCUT2D eigenvalue weighted by Crippen LogP contribution is -2.46. The van der Waals surface area contributed by atoms with Crippen molar-refractivity contribution in [2.45, 2.75) is 46.1 Å². The predicted molar refractivity (Wildman–Crippen MR) is 167 cm³/mol. The fourth-order valence-electron chi connectivity index (χ4n) is 4.76. The first-order chi connectivity index (χ1) is 21.1. The van der Waals surface area contributed by atoms with Crippen LogP contribution in [0.5, 0.6) is 23.0 Å². The van der Waals surface area contributed by atoms with Crippen molar-refractivity contribution in [1.29, 1.82) is 5.26 Å². The van der Waals surface area contributed by atoms with Gasteiger partial charge in [-0.1, -0.05) is 48.0 Å². The highest BCUT2D eigenvalue weighted by atomic mass is 35.5. The minimum Gasteiger partial charge on any atom is -0.488 e. The Hall–Kier alpha value is -4.71. The molecule has 1 heterocycles. The Balaban J connectivity index is 1.38. The van der Waals surface area contributed by atoms with Crippen molar-refractivity contribution >= 4 is 17.6 Å². The molecule has 4 aromatic rings. The SMILES string of the molecule is Cc1c(COc2cc(OCc3cccc(C#N)c3)c(CNC(C)(C)C(=O)O)cc2Cl)cccc1-c1ccc2c(c1)OCCO2. The Bertz CT molecular complexity index is 1730. The molecular formula is C35H33ClN2O6. The standard InChI is InChI=1S/C35H33ClN2O6/c1-22-26(8-5-9-28(22)25-10-11-30-33(16-25)42-13-12-41-30)21-44-32-17-31(43-20-24-7-4-6-23(14-24)18-37)27(15-29(32)36)19-38-35(2,3)34(39)40/h4-11,14-17,38H,12-13,19-21H2,1-3H3,(H,39,40). The van der Waals surface area contributed by atoms with Gasteiger partial charge in [-0.3, -0.25) is 10.1 Å². The van der Waals surface area contributed by atoms with Crippen molar-refractivity contribution in [2.24, 2.45) is 0 Å². The Labute approximate surface area is 261 Å². The maximum atomic E-state index is 11.7. The van der Waals surface area contributed by atoms with E-state index in [4.69, 9.17) is 30.5 Å². The molecule has 0 aliphatic carbocycles. The van der Waals surface area contributed by atoms with Gasteiger partial charge in [0.25, 0.3) is 0 Å². The number of carbonyl (C=O) groups is 1. The smallest absolute Gasteiger partial charge is 0.323 e. The van der Waals surface area contributed by atoms with Crippen LogP contribution >= 0.6 is 11.6 Å². The molecule has 8 nitrogen and oxygen atoms in total. The van der Waals surface area contributed by atoms with E-state index in [1.54, 1.807) is 44.2 Å². The average molecular weight is 613 g/mol. The number of hydrogen-bond acceptors (Lipinski definition) is 7. The zero-order valence-corrected chi connectivity index (χ0v) is 25.5. The van der Waals surface area contributed by atoms with Crippen LogP contribution in [0, 0.1) is 18.3 Å². The number of nitrogens with one attached hydrogen (secondary N) is 1. The summed E-state index contributed by atoms with van der Waals surface area (Å²) in [7, 11) is 0. The number of hydrogen-bond donors (Lipinski definition) is 2. The molecule has 9 heteroatoms. The molecule has 0 fully saturated rings. The van der Waals surface area contributed by atoms with Crippen LogP contribution in [0.15, 0.2) is 72.8 Å². The fraction of sp³-hybridized carbons (Fsp3) is 0.257. The van der Waals surface area contributed by atoms with E-state index in [-0.39, 0.29) is 19.8 Å². The maximum absolute atomic E-state index is 11.7. The van der Waals surface area contributed by atoms with Gasteiger partial charge in [0.05, 0.1) is 16.7 Å². The highest BCUT2D eigenvalue weighted by Crippen LogP contribution is 2.37. The maximum Gasteiger partial charge on any atom is 0.323 e. The summed E-state index contributed by atoms with van der Waals surface area (Å²) in [5.41, 5.74) is 4.97. The van der Waals surface area contributed by atoms with Crippen molar-refractivity contribution in [3.8, 4) is 40.2 Å². The summed E-state index contributed by atoms with van der Waals surface area (Å²) in [5, 5.41) is 22.2. The number of halogens is 1. The number of aliphatic carboxylic acids is 1. The number of nitriles is 1. The lowest BCUT2D eigenvalue weighted by atomic mass is 9.96. The van der Waals surface area contributed by atoms with Crippen molar-refractivity contribution in [3.05, 3.63) is 106 Å². The Morgan fingerprint density at radius 2 is 1.70 bits per heavy atom. The number of ether oxygens (including phenoxy) is 4. The van der Waals surface area contributed by atoms with Crippen molar-refractivity contribution < 1.29 is 28.8 Å². The topological polar surface area (TPSA) is 110 Å². The minimum absolute atomic E-state index is 0.197. The summed E-state index contributed by atoms with van der Waals surface area (Å²) in [6.45, 7) is 6.94. The van der Waals surface area contributed by atoms with Crippen LogP contribution in [0.1, 0.15) is 41.7 Å². The number of carboxylic acids is 1. The summed E-state index contributed by atoms with van der Waals surface area (Å²) in [6.07, 6.45) is 0. The molecule has 1 aliphatic heterocycles. The molecule has 0 amide bonds. The highest BCUT2D eigenvalue weighted by Gasteiger charge is 2.27. The third kappa shape index (κ3) is 7.08. The largest absolute Gasteiger partial charge is 0.488 e. The van der Waals surface area contributed by atoms with Crippen molar-refractivity contribution in [3.63, 3.8) is 0 Å². The van der Waals surface area contributed by atoms with Gasteiger partial charge in [0.2, 0.25) is 0 Å². The van der Waals surface area contributed by atoms with Gasteiger partial charge in [-0.2, -0.15) is 5.26 Å². The second kappa shape index (κ2) is 13.3. The van der Waals surface area contributed by atoms with E-state index >= 15 is 0 Å². The van der Waals surface area contributed by atoms with E-state index in [0.29, 0.717) is 40.9 Å². The second-order valence-electron chi connectivity index (χ2n) is 11.0. The number of rotatable bonds is 11. The van der Waals surface area contributed by atoms with E-state index in [1.165, 1.54) is 0 Å². The van der Waals surface area contributed by atoms with Gasteiger partial charge in [0, 0.05) is 18.2 Å². The van der Waals surface area contributed by atoms with Crippen molar-refractivity contribution in [1.82, 2.24) is 5.32 Å². The molecule has 5 rings (SSSR count). The van der Waals surface area contributed by atoms with Gasteiger partial charge in [0.15, 0.2) is 11.5 Å². The lowest BCUT2D eigenvalue weighted by molar-refractivity contribution is -0.143. The van der Waals surface area contributed by atoms with Crippen LogP contribution in [0.3, 0.4) is 0 Å². The summed E-state index contributed by atoms with van der Waals surface area (Å²) in [5.74, 6) is 1.41. The summed E-state index contributed by atoms with van der Waals surface area (Å²) in [4.78, 5) is 11.7. The van der Waals surface area contributed by atoms with Crippen LogP contribution < -0.4 is 24.3 Å². The van der Waals surface area contributed by atoms with E-state index in [2.05, 4.69) is 24.4 Å². The normalized spacial score (nSPS) is 12.3. The monoisotopic (exact) mass is 612 g/mol. The third-order valence-electron chi connectivity index (χ3n) is 7.50. The van der Waals surface area contributed by atoms with E-state index in [9.17, 15) is 15.2 Å². The van der Waals surface area contributed by atoms with E-state index in [0.717, 1.165) is 39.3 Å². The van der Waals surface area contributed by atoms with Gasteiger partial charge in [-0.25, -0.2) is 0 Å². The average Bonchev–Trinajstić information content (AvgIpc) is 3.03. The molecule has 0 saturated heterocycles. The predicted octanol–water partition coefficient (Wildman–Crippen LogP) is 7.07. The van der Waals surface area contributed by atoms with Gasteiger partial charge in [-0.15, -0.1) is 0 Å². The highest BCUT2D eigenvalue weighted by molar-refractivity contribution is 6.32. The Morgan fingerprint density at radius 3 is 2.48 bits per heavy atom. The quantitative estimate of drug-likeness (QED) is 0.185. The number of benzene rings is 4.